The topological polar surface area (TPSA) is 272 Å². The second kappa shape index (κ2) is 12.3. The number of hydrogen-bond donors (Lipinski definition) is 5. The molecule has 25 heteroatoms. The standard InChI is InChI=1S/C23H29FN10O10P2S2/c1-3-23-5-41-46(38,47)43-13-10(24)9(48-21(13)34-8-30-12-18(34)31-22(26)32-19(12)35)4-40-45(36,37)44-15(23)14(39-2)20(42-23)33-7-29-11-16(25)27-6-28-17(11)33/h6-10,13-15,20-21H,3-5H2,1-2H3,(H,36,37)(H,38,47)(H2,25,27,28)(H3,26,31,32,35)/t9-,10+,13-,14-,15+,20-,21-,23-,46?/m1/s1. The summed E-state index contributed by atoms with van der Waals surface area (Å²) in [5.41, 5.74) is 9.91. The number of anilines is 2. The van der Waals surface area contributed by atoms with Crippen LogP contribution in [0.4, 0.5) is 16.2 Å². The summed E-state index contributed by atoms with van der Waals surface area (Å²) in [5, 5.41) is -2.23. The highest BCUT2D eigenvalue weighted by Gasteiger charge is 2.60. The van der Waals surface area contributed by atoms with Crippen molar-refractivity contribution in [3.63, 3.8) is 0 Å². The predicted molar refractivity (Wildman–Crippen MR) is 170 cm³/mol. The minimum atomic E-state index is -4.99. The molecule has 4 aromatic rings. The van der Waals surface area contributed by atoms with E-state index in [1.165, 1.54) is 35.2 Å². The summed E-state index contributed by atoms with van der Waals surface area (Å²) in [4.78, 5) is 57.7. The van der Waals surface area contributed by atoms with Gasteiger partial charge in [0, 0.05) is 7.11 Å². The number of hydrogen-bond acceptors (Lipinski definition) is 17. The Morgan fingerprint density at radius 2 is 1.92 bits per heavy atom. The fourth-order valence-corrected chi connectivity index (χ4v) is 10.1. The lowest BCUT2D eigenvalue weighted by Gasteiger charge is -2.35. The second-order valence-electron chi connectivity index (χ2n) is 11.1. The summed E-state index contributed by atoms with van der Waals surface area (Å²) in [6.45, 7) is -3.85. The van der Waals surface area contributed by atoms with Gasteiger partial charge in [0.25, 0.3) is 5.56 Å². The highest BCUT2D eigenvalue weighted by Crippen LogP contribution is 2.59. The van der Waals surface area contributed by atoms with Gasteiger partial charge in [0.15, 0.2) is 28.9 Å². The zero-order valence-electron chi connectivity index (χ0n) is 24.9. The number of rotatable bonds is 4. The number of alkyl halides is 1. The number of aromatic amines is 1. The predicted octanol–water partition coefficient (Wildman–Crippen LogP) is 0.903. The van der Waals surface area contributed by atoms with E-state index in [1.807, 2.05) is 0 Å². The number of nitrogens with zero attached hydrogens (tertiary/aromatic N) is 7. The molecule has 0 aromatic carbocycles. The average Bonchev–Trinajstić information content (AvgIpc) is 3.79. The maximum absolute atomic E-state index is 16.1. The quantitative estimate of drug-likeness (QED) is 0.181. The van der Waals surface area contributed by atoms with Crippen molar-refractivity contribution in [2.24, 2.45) is 0 Å². The maximum Gasteiger partial charge on any atom is 0.472 e. The second-order valence-corrected chi connectivity index (χ2v) is 16.7. The number of imidazole rings is 2. The third-order valence-electron chi connectivity index (χ3n) is 8.35. The minimum absolute atomic E-state index is 0.00314. The van der Waals surface area contributed by atoms with Crippen molar-refractivity contribution in [3.8, 4) is 0 Å². The Bertz CT molecular complexity index is 2040. The minimum Gasteiger partial charge on any atom is -0.382 e. The molecule has 20 nitrogen and oxygen atoms in total. The Hall–Kier alpha value is -2.66. The number of fused-ring (bicyclic) bond motifs is 5. The number of phosphoric acid groups is 1. The largest absolute Gasteiger partial charge is 0.472 e. The van der Waals surface area contributed by atoms with E-state index in [0.717, 1.165) is 11.8 Å². The number of methoxy groups -OCH3 is 1. The van der Waals surface area contributed by atoms with Crippen LogP contribution in [-0.2, 0) is 43.9 Å². The molecule has 7 heterocycles. The van der Waals surface area contributed by atoms with E-state index < -0.39 is 80.3 Å². The van der Waals surface area contributed by atoms with E-state index in [-0.39, 0.29) is 40.5 Å². The average molecular weight is 751 g/mol. The highest BCUT2D eigenvalue weighted by atomic mass is 32.5. The van der Waals surface area contributed by atoms with Crippen molar-refractivity contribution in [2.75, 3.05) is 31.8 Å². The van der Waals surface area contributed by atoms with Crippen LogP contribution in [0.15, 0.2) is 23.8 Å². The van der Waals surface area contributed by atoms with E-state index in [2.05, 4.69) is 29.9 Å². The number of nitrogen functional groups attached to an aromatic ring is 2. The van der Waals surface area contributed by atoms with Gasteiger partial charge in [-0.25, -0.2) is 28.9 Å². The molecule has 260 valence electrons. The number of aromatic nitrogens is 8. The Morgan fingerprint density at radius 1 is 1.17 bits per heavy atom. The van der Waals surface area contributed by atoms with Crippen LogP contribution in [0.3, 0.4) is 0 Å². The molecule has 0 spiro atoms. The SMILES string of the molecule is CC[C@@]12COP(O)(=S)O[C@@H]3[C@@H](F)[C@@H](COP(=O)(O)O[C@H]1[C@@H](OC)[C@H](n1cnc4c(N)ncnc41)O2)S[C@H]3n1cnc2c(=O)[nH]c(N)nc21. The molecule has 3 saturated heterocycles. The van der Waals surface area contributed by atoms with Gasteiger partial charge in [0.2, 0.25) is 5.95 Å². The van der Waals surface area contributed by atoms with Crippen molar-refractivity contribution in [3.05, 3.63) is 29.3 Å². The van der Waals surface area contributed by atoms with Crippen LogP contribution in [0.5, 0.6) is 0 Å². The number of ether oxygens (including phenoxy) is 2. The summed E-state index contributed by atoms with van der Waals surface area (Å²) in [6, 6.07) is 0. The van der Waals surface area contributed by atoms with E-state index in [9.17, 15) is 19.1 Å². The van der Waals surface area contributed by atoms with Crippen LogP contribution in [0.1, 0.15) is 24.9 Å². The molecular formula is C23H29FN10O10P2S2. The zero-order chi connectivity index (χ0) is 34.2. The Kier molecular flexibility index (Phi) is 8.66. The van der Waals surface area contributed by atoms with Crippen molar-refractivity contribution in [2.45, 2.75) is 60.3 Å². The summed E-state index contributed by atoms with van der Waals surface area (Å²) in [5.74, 6) is -0.109. The van der Waals surface area contributed by atoms with Crippen LogP contribution >= 0.6 is 26.3 Å². The van der Waals surface area contributed by atoms with Gasteiger partial charge in [-0.1, -0.05) is 6.92 Å². The lowest BCUT2D eigenvalue weighted by atomic mass is 9.93. The lowest BCUT2D eigenvalue weighted by Crippen LogP contribution is -2.48. The molecule has 4 aromatic heterocycles. The number of thioether (sulfide) groups is 1. The van der Waals surface area contributed by atoms with Crippen LogP contribution in [0.25, 0.3) is 22.3 Å². The summed E-state index contributed by atoms with van der Waals surface area (Å²) in [6.07, 6.45) is -3.14. The molecule has 2 unspecified atom stereocenters. The molecule has 48 heavy (non-hydrogen) atoms. The number of nitrogens with one attached hydrogen (secondary N) is 1. The monoisotopic (exact) mass is 750 g/mol. The number of halogens is 1. The third kappa shape index (κ3) is 5.74. The molecule has 10 atom stereocenters. The molecule has 3 aliphatic heterocycles. The first-order chi connectivity index (χ1) is 22.8. The molecular weight excluding hydrogens is 721 g/mol. The van der Waals surface area contributed by atoms with Crippen molar-refractivity contribution >= 4 is 72.2 Å². The maximum atomic E-state index is 16.1. The molecule has 0 radical (unpaired) electrons. The molecule has 0 saturated carbocycles. The number of H-pyrrole nitrogens is 1. The summed E-state index contributed by atoms with van der Waals surface area (Å²) >= 11 is 6.27. The molecule has 3 aliphatic rings. The first kappa shape index (κ1) is 33.8. The fourth-order valence-electron chi connectivity index (χ4n) is 6.01. The Balaban J connectivity index is 1.26. The smallest absolute Gasteiger partial charge is 0.382 e. The van der Waals surface area contributed by atoms with Gasteiger partial charge in [-0.3, -0.25) is 32.5 Å². The molecule has 0 aliphatic carbocycles. The molecule has 7 N–H and O–H groups in total. The van der Waals surface area contributed by atoms with Gasteiger partial charge in [-0.2, -0.15) is 4.98 Å². The van der Waals surface area contributed by atoms with Gasteiger partial charge in [-0.15, -0.1) is 11.8 Å². The van der Waals surface area contributed by atoms with Crippen molar-refractivity contribution in [1.29, 1.82) is 0 Å². The van der Waals surface area contributed by atoms with Gasteiger partial charge in [-0.05, 0) is 18.2 Å². The fraction of sp³-hybridized carbons (Fsp3) is 0.565. The van der Waals surface area contributed by atoms with E-state index in [4.69, 9.17) is 50.8 Å². The van der Waals surface area contributed by atoms with Gasteiger partial charge >= 0.3 is 14.5 Å². The summed E-state index contributed by atoms with van der Waals surface area (Å²) < 4.78 is 67.4. The molecule has 3 fully saturated rings. The van der Waals surface area contributed by atoms with Crippen molar-refractivity contribution in [1.82, 2.24) is 39.0 Å². The van der Waals surface area contributed by atoms with Gasteiger partial charge in [0.05, 0.1) is 31.1 Å². The highest BCUT2D eigenvalue weighted by molar-refractivity contribution is 8.07. The van der Waals surface area contributed by atoms with E-state index >= 15 is 4.39 Å². The summed E-state index contributed by atoms with van der Waals surface area (Å²) in [7, 11) is -3.65. The van der Waals surface area contributed by atoms with Gasteiger partial charge in [0.1, 0.15) is 47.3 Å². The van der Waals surface area contributed by atoms with E-state index in [0.29, 0.717) is 0 Å². The van der Waals surface area contributed by atoms with Crippen molar-refractivity contribution < 1.29 is 46.3 Å². The first-order valence-electron chi connectivity index (χ1n) is 14.2. The molecule has 2 bridgehead atoms. The Morgan fingerprint density at radius 3 is 2.67 bits per heavy atom. The molecule has 7 rings (SSSR count). The van der Waals surface area contributed by atoms with Crippen LogP contribution in [0, 0.1) is 0 Å². The first-order valence-corrected chi connectivity index (χ1v) is 19.3. The van der Waals surface area contributed by atoms with Crippen LogP contribution < -0.4 is 17.0 Å². The molecule has 0 amide bonds. The lowest BCUT2D eigenvalue weighted by molar-refractivity contribution is -0.125. The number of nitrogens with two attached hydrogens (primary N) is 2. The zero-order valence-corrected chi connectivity index (χ0v) is 28.4. The van der Waals surface area contributed by atoms with Crippen LogP contribution in [0.2, 0.25) is 0 Å². The Labute approximate surface area is 278 Å². The van der Waals surface area contributed by atoms with Gasteiger partial charge < -0.3 is 35.3 Å². The third-order valence-corrected chi connectivity index (χ3v) is 12.4. The van der Waals surface area contributed by atoms with Crippen LogP contribution in [-0.4, -0.2) is 104 Å². The number of phosphoric ester groups is 1. The normalized spacial score (nSPS) is 37.6. The van der Waals surface area contributed by atoms with E-state index in [1.54, 1.807) is 6.92 Å².